The third-order valence-electron chi connectivity index (χ3n) is 3.38. The molecule has 2 atom stereocenters. The lowest BCUT2D eigenvalue weighted by Crippen LogP contribution is -2.52. The molecule has 19 heavy (non-hydrogen) atoms. The topological polar surface area (TPSA) is 66.8 Å². The SMILES string of the molecule is CC(C)[C@@H]1CC[C@H](C(=O)O)CN1C(=O)OC(C)(C)C. The Hall–Kier alpha value is -1.26. The maximum atomic E-state index is 12.2. The largest absolute Gasteiger partial charge is 0.481 e. The van der Waals surface area contributed by atoms with Gasteiger partial charge in [0.25, 0.3) is 0 Å². The van der Waals surface area contributed by atoms with E-state index in [2.05, 4.69) is 0 Å². The molecule has 0 saturated carbocycles. The van der Waals surface area contributed by atoms with Crippen LogP contribution in [-0.4, -0.2) is 40.3 Å². The van der Waals surface area contributed by atoms with Gasteiger partial charge in [0.05, 0.1) is 5.92 Å². The Kier molecular flexibility index (Phi) is 4.82. The molecule has 1 fully saturated rings. The quantitative estimate of drug-likeness (QED) is 0.838. The van der Waals surface area contributed by atoms with Gasteiger partial charge in [0.15, 0.2) is 0 Å². The van der Waals surface area contributed by atoms with Gasteiger partial charge < -0.3 is 14.7 Å². The normalized spacial score (nSPS) is 24.4. The summed E-state index contributed by atoms with van der Waals surface area (Å²) in [5.74, 6) is -1.03. The van der Waals surface area contributed by atoms with Crippen LogP contribution < -0.4 is 0 Å². The number of likely N-dealkylation sites (tertiary alicyclic amines) is 1. The van der Waals surface area contributed by atoms with Crippen LogP contribution in [0, 0.1) is 11.8 Å². The first-order valence-corrected chi connectivity index (χ1v) is 6.84. The molecule has 1 N–H and O–H groups in total. The van der Waals surface area contributed by atoms with Crippen LogP contribution in [0.25, 0.3) is 0 Å². The van der Waals surface area contributed by atoms with Gasteiger partial charge in [-0.3, -0.25) is 4.79 Å². The molecule has 1 rings (SSSR count). The molecule has 0 spiro atoms. The van der Waals surface area contributed by atoms with Crippen molar-refractivity contribution >= 4 is 12.1 Å². The van der Waals surface area contributed by atoms with Gasteiger partial charge in [0.1, 0.15) is 5.60 Å². The molecule has 110 valence electrons. The summed E-state index contributed by atoms with van der Waals surface area (Å²) in [6, 6.07) is 0.0606. The highest BCUT2D eigenvalue weighted by Crippen LogP contribution is 2.28. The number of aliphatic carboxylic acids is 1. The summed E-state index contributed by atoms with van der Waals surface area (Å²) in [5, 5.41) is 9.12. The molecular weight excluding hydrogens is 246 g/mol. The molecule has 1 amide bonds. The minimum atomic E-state index is -0.837. The van der Waals surface area contributed by atoms with Crippen molar-refractivity contribution in [1.82, 2.24) is 4.90 Å². The van der Waals surface area contributed by atoms with Gasteiger partial charge in [0.2, 0.25) is 0 Å². The van der Waals surface area contributed by atoms with E-state index in [4.69, 9.17) is 9.84 Å². The smallest absolute Gasteiger partial charge is 0.410 e. The van der Waals surface area contributed by atoms with E-state index in [9.17, 15) is 9.59 Å². The van der Waals surface area contributed by atoms with Crippen LogP contribution in [-0.2, 0) is 9.53 Å². The van der Waals surface area contributed by atoms with Crippen molar-refractivity contribution in [3.05, 3.63) is 0 Å². The molecule has 0 aliphatic carbocycles. The van der Waals surface area contributed by atoms with E-state index in [0.29, 0.717) is 18.8 Å². The fourth-order valence-corrected chi connectivity index (χ4v) is 2.42. The van der Waals surface area contributed by atoms with Crippen molar-refractivity contribution in [2.75, 3.05) is 6.54 Å². The molecule has 0 aromatic carbocycles. The third-order valence-corrected chi connectivity index (χ3v) is 3.38. The van der Waals surface area contributed by atoms with Gasteiger partial charge in [-0.1, -0.05) is 13.8 Å². The first kappa shape index (κ1) is 15.8. The van der Waals surface area contributed by atoms with Crippen LogP contribution in [0.4, 0.5) is 4.79 Å². The molecule has 0 aromatic heterocycles. The summed E-state index contributed by atoms with van der Waals surface area (Å²) in [7, 11) is 0. The second-order valence-electron chi connectivity index (χ2n) is 6.56. The van der Waals surface area contributed by atoms with Crippen LogP contribution in [0.15, 0.2) is 0 Å². The average molecular weight is 271 g/mol. The van der Waals surface area contributed by atoms with Crippen LogP contribution in [0.1, 0.15) is 47.5 Å². The van der Waals surface area contributed by atoms with E-state index in [1.54, 1.807) is 4.90 Å². The van der Waals surface area contributed by atoms with Gasteiger partial charge in [-0.2, -0.15) is 0 Å². The maximum absolute atomic E-state index is 12.2. The van der Waals surface area contributed by atoms with Gasteiger partial charge in [0, 0.05) is 12.6 Å². The van der Waals surface area contributed by atoms with Crippen molar-refractivity contribution in [2.45, 2.75) is 59.1 Å². The van der Waals surface area contributed by atoms with E-state index in [-0.39, 0.29) is 12.6 Å². The number of hydrogen-bond acceptors (Lipinski definition) is 3. The number of ether oxygens (including phenoxy) is 1. The second kappa shape index (κ2) is 5.80. The predicted molar refractivity (Wildman–Crippen MR) is 71.9 cm³/mol. The van der Waals surface area contributed by atoms with Crippen LogP contribution in [0.3, 0.4) is 0 Å². The Labute approximate surface area is 114 Å². The Morgan fingerprint density at radius 1 is 1.26 bits per heavy atom. The summed E-state index contributed by atoms with van der Waals surface area (Å²) >= 11 is 0. The highest BCUT2D eigenvalue weighted by atomic mass is 16.6. The fourth-order valence-electron chi connectivity index (χ4n) is 2.42. The van der Waals surface area contributed by atoms with Crippen molar-refractivity contribution in [2.24, 2.45) is 11.8 Å². The zero-order valence-corrected chi connectivity index (χ0v) is 12.5. The zero-order chi connectivity index (χ0) is 14.8. The molecule has 0 unspecified atom stereocenters. The number of amides is 1. The Balaban J connectivity index is 2.82. The lowest BCUT2D eigenvalue weighted by molar-refractivity contribution is -0.144. The van der Waals surface area contributed by atoms with Crippen LogP contribution in [0.5, 0.6) is 0 Å². The van der Waals surface area contributed by atoms with Crippen molar-refractivity contribution in [3.8, 4) is 0 Å². The van der Waals surface area contributed by atoms with Crippen LogP contribution in [0.2, 0.25) is 0 Å². The van der Waals surface area contributed by atoms with Crippen molar-refractivity contribution in [1.29, 1.82) is 0 Å². The average Bonchev–Trinajstić information content (AvgIpc) is 2.25. The van der Waals surface area contributed by atoms with E-state index in [1.807, 2.05) is 34.6 Å². The lowest BCUT2D eigenvalue weighted by Gasteiger charge is -2.40. The van der Waals surface area contributed by atoms with E-state index >= 15 is 0 Å². The molecule has 1 aliphatic rings. The summed E-state index contributed by atoms with van der Waals surface area (Å²) in [6.07, 6.45) is 0.933. The molecule has 0 aromatic rings. The van der Waals surface area contributed by atoms with Crippen molar-refractivity contribution < 1.29 is 19.4 Å². The molecule has 5 nitrogen and oxygen atoms in total. The highest BCUT2D eigenvalue weighted by molar-refractivity contribution is 5.73. The Morgan fingerprint density at radius 2 is 1.84 bits per heavy atom. The molecule has 1 heterocycles. The van der Waals surface area contributed by atoms with Crippen LogP contribution >= 0.6 is 0 Å². The first-order valence-electron chi connectivity index (χ1n) is 6.84. The zero-order valence-electron chi connectivity index (χ0n) is 12.5. The first-order chi connectivity index (χ1) is 8.61. The minimum Gasteiger partial charge on any atom is -0.481 e. The molecule has 0 bridgehead atoms. The van der Waals surface area contributed by atoms with Crippen molar-refractivity contribution in [3.63, 3.8) is 0 Å². The minimum absolute atomic E-state index is 0.0606. The number of nitrogens with zero attached hydrogens (tertiary/aromatic N) is 1. The standard InChI is InChI=1S/C14H25NO4/c1-9(2)11-7-6-10(12(16)17)8-15(11)13(18)19-14(3,4)5/h9-11H,6-8H2,1-5H3,(H,16,17)/t10-,11-/m0/s1. The molecule has 0 radical (unpaired) electrons. The highest BCUT2D eigenvalue weighted by Gasteiger charge is 2.37. The number of carboxylic acid groups (broad SMARTS) is 1. The number of carbonyl (C=O) groups is 2. The van der Waals surface area contributed by atoms with E-state index in [1.165, 1.54) is 0 Å². The molecule has 1 saturated heterocycles. The van der Waals surface area contributed by atoms with Gasteiger partial charge in [-0.05, 0) is 39.5 Å². The second-order valence-corrected chi connectivity index (χ2v) is 6.56. The summed E-state index contributed by atoms with van der Waals surface area (Å²) in [6.45, 7) is 9.77. The number of carbonyl (C=O) groups excluding carboxylic acids is 1. The monoisotopic (exact) mass is 271 g/mol. The molecular formula is C14H25NO4. The van der Waals surface area contributed by atoms with Gasteiger partial charge in [-0.25, -0.2) is 4.79 Å². The van der Waals surface area contributed by atoms with Gasteiger partial charge >= 0.3 is 12.1 Å². The Morgan fingerprint density at radius 3 is 2.26 bits per heavy atom. The third kappa shape index (κ3) is 4.40. The summed E-state index contributed by atoms with van der Waals surface area (Å²) in [5.41, 5.74) is -0.561. The summed E-state index contributed by atoms with van der Waals surface area (Å²) in [4.78, 5) is 24.9. The lowest BCUT2D eigenvalue weighted by atomic mass is 9.87. The van der Waals surface area contributed by atoms with E-state index < -0.39 is 23.6 Å². The Bertz CT molecular complexity index is 346. The summed E-state index contributed by atoms with van der Waals surface area (Å²) < 4.78 is 5.38. The van der Waals surface area contributed by atoms with Gasteiger partial charge in [-0.15, -0.1) is 0 Å². The van der Waals surface area contributed by atoms with E-state index in [0.717, 1.165) is 0 Å². The molecule has 1 aliphatic heterocycles. The molecule has 5 heteroatoms. The maximum Gasteiger partial charge on any atom is 0.410 e. The number of hydrogen-bond donors (Lipinski definition) is 1. The number of rotatable bonds is 2. The number of carboxylic acids is 1. The number of piperidine rings is 1. The fraction of sp³-hybridized carbons (Fsp3) is 0.857. The predicted octanol–water partition coefficient (Wildman–Crippen LogP) is 2.74.